The molecule has 2 N–H and O–H groups in total. The van der Waals surface area contributed by atoms with Crippen molar-refractivity contribution in [2.75, 3.05) is 13.1 Å². The van der Waals surface area contributed by atoms with Gasteiger partial charge in [0.25, 0.3) is 5.91 Å². The lowest BCUT2D eigenvalue weighted by atomic mass is 9.97. The van der Waals surface area contributed by atoms with E-state index in [1.165, 1.54) is 29.2 Å². The van der Waals surface area contributed by atoms with Gasteiger partial charge >= 0.3 is 5.97 Å². The van der Waals surface area contributed by atoms with Crippen molar-refractivity contribution < 1.29 is 23.1 Å². The summed E-state index contributed by atoms with van der Waals surface area (Å²) in [6, 6.07) is 5.47. The van der Waals surface area contributed by atoms with Gasteiger partial charge in [-0.25, -0.2) is 13.1 Å². The van der Waals surface area contributed by atoms with E-state index >= 15 is 0 Å². The van der Waals surface area contributed by atoms with Gasteiger partial charge in [0.1, 0.15) is 0 Å². The van der Waals surface area contributed by atoms with E-state index in [1.54, 1.807) is 13.8 Å². The average Bonchev–Trinajstić information content (AvgIpc) is 2.53. The molecule has 1 aliphatic rings. The molecule has 8 heteroatoms. The molecule has 1 aromatic carbocycles. The number of hydrogen-bond acceptors (Lipinski definition) is 4. The Morgan fingerprint density at radius 3 is 2.42 bits per heavy atom. The second-order valence-corrected chi connectivity index (χ2v) is 7.94. The van der Waals surface area contributed by atoms with E-state index in [1.807, 2.05) is 0 Å². The van der Waals surface area contributed by atoms with Crippen molar-refractivity contribution >= 4 is 21.9 Å². The number of carboxylic acid groups (broad SMARTS) is 1. The van der Waals surface area contributed by atoms with E-state index in [9.17, 15) is 18.0 Å². The number of carboxylic acids is 1. The van der Waals surface area contributed by atoms with Crippen molar-refractivity contribution in [3.8, 4) is 0 Å². The van der Waals surface area contributed by atoms with E-state index in [2.05, 4.69) is 4.72 Å². The fraction of sp³-hybridized carbons (Fsp3) is 0.500. The molecule has 1 aliphatic heterocycles. The average molecular weight is 354 g/mol. The van der Waals surface area contributed by atoms with Crippen LogP contribution >= 0.6 is 0 Å². The molecule has 1 saturated heterocycles. The lowest BCUT2D eigenvalue weighted by Crippen LogP contribution is -2.42. The van der Waals surface area contributed by atoms with Crippen molar-refractivity contribution in [1.82, 2.24) is 9.62 Å². The number of likely N-dealkylation sites (tertiary alicyclic amines) is 1. The normalized spacial score (nSPS) is 18.6. The van der Waals surface area contributed by atoms with Gasteiger partial charge < -0.3 is 10.0 Å². The summed E-state index contributed by atoms with van der Waals surface area (Å²) in [6.07, 6.45) is 1.21. The fourth-order valence-corrected chi connectivity index (χ4v) is 3.95. The van der Waals surface area contributed by atoms with Crippen LogP contribution in [0.3, 0.4) is 0 Å². The minimum absolute atomic E-state index is 0.0924. The van der Waals surface area contributed by atoms with Crippen molar-refractivity contribution in [2.24, 2.45) is 5.92 Å². The zero-order valence-corrected chi connectivity index (χ0v) is 14.5. The molecule has 0 aliphatic carbocycles. The molecule has 0 spiro atoms. The van der Waals surface area contributed by atoms with Gasteiger partial charge in [-0.1, -0.05) is 0 Å². The lowest BCUT2D eigenvalue weighted by molar-refractivity contribution is -0.143. The zero-order valence-electron chi connectivity index (χ0n) is 13.7. The Kier molecular flexibility index (Phi) is 5.61. The quantitative estimate of drug-likeness (QED) is 0.830. The second-order valence-electron chi connectivity index (χ2n) is 6.23. The minimum atomic E-state index is -3.60. The first-order valence-corrected chi connectivity index (χ1v) is 9.33. The topological polar surface area (TPSA) is 104 Å². The van der Waals surface area contributed by atoms with E-state index in [4.69, 9.17) is 5.11 Å². The molecule has 0 radical (unpaired) electrons. The number of benzene rings is 1. The van der Waals surface area contributed by atoms with Crippen LogP contribution in [0.5, 0.6) is 0 Å². The molecule has 0 aromatic heterocycles. The molecule has 1 fully saturated rings. The van der Waals surface area contributed by atoms with Crippen LogP contribution < -0.4 is 4.72 Å². The summed E-state index contributed by atoms with van der Waals surface area (Å²) in [7, 11) is -3.60. The number of aliphatic carboxylic acids is 1. The molecule has 1 heterocycles. The maximum atomic E-state index is 12.5. The van der Waals surface area contributed by atoms with Crippen molar-refractivity contribution in [2.45, 2.75) is 37.6 Å². The first kappa shape index (κ1) is 18.4. The van der Waals surface area contributed by atoms with Gasteiger partial charge in [0.15, 0.2) is 0 Å². The third-order valence-electron chi connectivity index (χ3n) is 3.86. The Hall–Kier alpha value is -1.93. The van der Waals surface area contributed by atoms with Crippen LogP contribution in [0.2, 0.25) is 0 Å². The summed E-state index contributed by atoms with van der Waals surface area (Å²) >= 11 is 0. The molecule has 1 atom stereocenters. The molecule has 1 amide bonds. The maximum Gasteiger partial charge on any atom is 0.308 e. The molecule has 132 valence electrons. The summed E-state index contributed by atoms with van der Waals surface area (Å²) in [5, 5.41) is 9.09. The van der Waals surface area contributed by atoms with Gasteiger partial charge in [-0.15, -0.1) is 0 Å². The monoisotopic (exact) mass is 354 g/mol. The van der Waals surface area contributed by atoms with E-state index < -0.39 is 21.9 Å². The Balaban J connectivity index is 2.13. The highest BCUT2D eigenvalue weighted by Crippen LogP contribution is 2.19. The Labute approximate surface area is 141 Å². The summed E-state index contributed by atoms with van der Waals surface area (Å²) in [5.41, 5.74) is 0.351. The molecule has 0 bridgehead atoms. The number of sulfonamides is 1. The van der Waals surface area contributed by atoms with Crippen LogP contribution in [0.15, 0.2) is 29.2 Å². The van der Waals surface area contributed by atoms with Crippen LogP contribution in [0.4, 0.5) is 0 Å². The molecule has 7 nitrogen and oxygen atoms in total. The van der Waals surface area contributed by atoms with Gasteiger partial charge in [0.2, 0.25) is 10.0 Å². The molecular weight excluding hydrogens is 332 g/mol. The summed E-state index contributed by atoms with van der Waals surface area (Å²) in [6.45, 7) is 4.15. The highest BCUT2D eigenvalue weighted by molar-refractivity contribution is 7.89. The van der Waals surface area contributed by atoms with Crippen LogP contribution in [-0.4, -0.2) is 49.4 Å². The number of nitrogens with zero attached hydrogens (tertiary/aromatic N) is 1. The van der Waals surface area contributed by atoms with Gasteiger partial charge in [-0.3, -0.25) is 9.59 Å². The highest BCUT2D eigenvalue weighted by atomic mass is 32.2. The van der Waals surface area contributed by atoms with Gasteiger partial charge in [0, 0.05) is 24.7 Å². The molecule has 1 aromatic rings. The first-order chi connectivity index (χ1) is 11.2. The third kappa shape index (κ3) is 4.33. The molecule has 0 saturated carbocycles. The predicted octanol–water partition coefficient (Wildman–Crippen LogP) is 1.31. The summed E-state index contributed by atoms with van der Waals surface area (Å²) in [5.74, 6) is -1.71. The first-order valence-electron chi connectivity index (χ1n) is 7.85. The number of rotatable bonds is 5. The number of piperidine rings is 1. The van der Waals surface area contributed by atoms with E-state index in [0.717, 1.165) is 0 Å². The second kappa shape index (κ2) is 7.31. The van der Waals surface area contributed by atoms with Crippen LogP contribution in [0.1, 0.15) is 37.0 Å². The smallest absolute Gasteiger partial charge is 0.308 e. The van der Waals surface area contributed by atoms with Crippen LogP contribution in [0.25, 0.3) is 0 Å². The number of carbonyl (C=O) groups is 2. The summed E-state index contributed by atoms with van der Waals surface area (Å²) < 4.78 is 26.6. The predicted molar refractivity (Wildman–Crippen MR) is 88.2 cm³/mol. The lowest BCUT2D eigenvalue weighted by Gasteiger charge is -2.30. The molecule has 24 heavy (non-hydrogen) atoms. The van der Waals surface area contributed by atoms with Gasteiger partial charge in [-0.2, -0.15) is 0 Å². The number of amides is 1. The summed E-state index contributed by atoms with van der Waals surface area (Å²) in [4.78, 5) is 25.2. The van der Waals surface area contributed by atoms with E-state index in [-0.39, 0.29) is 23.4 Å². The third-order valence-corrected chi connectivity index (χ3v) is 5.53. The number of nitrogens with one attached hydrogen (secondary N) is 1. The SMILES string of the molecule is CC(C)NS(=O)(=O)c1ccc(C(=O)N2CCC[C@H](C(=O)O)C2)cc1. The Morgan fingerprint density at radius 2 is 1.88 bits per heavy atom. The van der Waals surface area contributed by atoms with Crippen LogP contribution in [0, 0.1) is 5.92 Å². The van der Waals surface area contributed by atoms with Gasteiger partial charge in [0.05, 0.1) is 10.8 Å². The van der Waals surface area contributed by atoms with Crippen molar-refractivity contribution in [3.63, 3.8) is 0 Å². The molecule has 0 unspecified atom stereocenters. The van der Waals surface area contributed by atoms with Crippen molar-refractivity contribution in [1.29, 1.82) is 0 Å². The molecular formula is C16H22N2O5S. The Morgan fingerprint density at radius 1 is 1.25 bits per heavy atom. The Bertz CT molecular complexity index is 712. The maximum absolute atomic E-state index is 12.5. The largest absolute Gasteiger partial charge is 0.481 e. The molecule has 2 rings (SSSR count). The standard InChI is InChI=1S/C16H22N2O5S/c1-11(2)17-24(22,23)14-7-5-12(6-8-14)15(19)18-9-3-4-13(10-18)16(20)21/h5-8,11,13,17H,3-4,9-10H2,1-2H3,(H,20,21)/t13-/m0/s1. The van der Waals surface area contributed by atoms with Gasteiger partial charge in [-0.05, 0) is 51.0 Å². The number of carbonyl (C=O) groups excluding carboxylic acids is 1. The fourth-order valence-electron chi connectivity index (χ4n) is 2.70. The van der Waals surface area contributed by atoms with E-state index in [0.29, 0.717) is 24.9 Å². The van der Waals surface area contributed by atoms with Crippen LogP contribution in [-0.2, 0) is 14.8 Å². The highest BCUT2D eigenvalue weighted by Gasteiger charge is 2.28. The minimum Gasteiger partial charge on any atom is -0.481 e. The van der Waals surface area contributed by atoms with Crippen molar-refractivity contribution in [3.05, 3.63) is 29.8 Å². The zero-order chi connectivity index (χ0) is 17.9. The number of hydrogen-bond donors (Lipinski definition) is 2.